The van der Waals surface area contributed by atoms with Crippen LogP contribution in [0.4, 0.5) is 0 Å². The molecule has 0 radical (unpaired) electrons. The van der Waals surface area contributed by atoms with Gasteiger partial charge in [0.2, 0.25) is 11.8 Å². The summed E-state index contributed by atoms with van der Waals surface area (Å²) < 4.78 is 7.67. The van der Waals surface area contributed by atoms with Crippen molar-refractivity contribution in [2.24, 2.45) is 5.73 Å². The van der Waals surface area contributed by atoms with Crippen molar-refractivity contribution in [3.8, 4) is 0 Å². The molecule has 0 unspecified atom stereocenters. The molecule has 2 aromatic rings. The number of nitrogens with zero attached hydrogens (tertiary/aromatic N) is 2. The SMILES string of the molecule is CC(=O)N(C[C@@H]1CN(Cc2ccc(Cl)c(Cl)c2)CCO1)Sc1ccc(CCC(N)=O)cc1. The highest BCUT2D eigenvalue weighted by atomic mass is 35.5. The van der Waals surface area contributed by atoms with Gasteiger partial charge in [-0.2, -0.15) is 0 Å². The topological polar surface area (TPSA) is 75.9 Å². The van der Waals surface area contributed by atoms with Gasteiger partial charge in [-0.25, -0.2) is 0 Å². The second-order valence-corrected chi connectivity index (χ2v) is 9.67. The van der Waals surface area contributed by atoms with Crippen LogP contribution in [-0.2, 0) is 27.3 Å². The molecule has 1 atom stereocenters. The maximum absolute atomic E-state index is 12.3. The van der Waals surface area contributed by atoms with E-state index in [1.807, 2.05) is 42.5 Å². The van der Waals surface area contributed by atoms with Crippen molar-refractivity contribution < 1.29 is 14.3 Å². The van der Waals surface area contributed by atoms with Crippen LogP contribution in [0.15, 0.2) is 47.4 Å². The molecule has 0 aromatic heterocycles. The molecular weight excluding hydrogens is 469 g/mol. The van der Waals surface area contributed by atoms with E-state index in [1.54, 1.807) is 11.2 Å². The zero-order valence-corrected chi connectivity index (χ0v) is 20.3. The van der Waals surface area contributed by atoms with Crippen molar-refractivity contribution >= 4 is 47.0 Å². The fraction of sp³-hybridized carbons (Fsp3) is 0.391. The Balaban J connectivity index is 1.56. The number of primary amides is 1. The summed E-state index contributed by atoms with van der Waals surface area (Å²) in [5.74, 6) is -0.343. The van der Waals surface area contributed by atoms with Crippen LogP contribution in [0, 0.1) is 0 Å². The maximum atomic E-state index is 12.3. The molecule has 0 spiro atoms. The average Bonchev–Trinajstić information content (AvgIpc) is 2.75. The molecule has 0 aliphatic carbocycles. The van der Waals surface area contributed by atoms with Crippen molar-refractivity contribution in [2.75, 3.05) is 26.2 Å². The minimum Gasteiger partial charge on any atom is -0.374 e. The van der Waals surface area contributed by atoms with Gasteiger partial charge in [-0.05, 0) is 53.8 Å². The first-order chi connectivity index (χ1) is 15.3. The number of rotatable bonds is 9. The van der Waals surface area contributed by atoms with E-state index in [-0.39, 0.29) is 17.9 Å². The number of amides is 2. The van der Waals surface area contributed by atoms with Crippen LogP contribution >= 0.6 is 35.1 Å². The molecule has 3 rings (SSSR count). The van der Waals surface area contributed by atoms with Gasteiger partial charge in [0.05, 0.1) is 29.3 Å². The Bertz CT molecular complexity index is 943. The van der Waals surface area contributed by atoms with E-state index < -0.39 is 0 Å². The van der Waals surface area contributed by atoms with Crippen molar-refractivity contribution in [3.05, 3.63) is 63.6 Å². The fourth-order valence-corrected chi connectivity index (χ4v) is 4.66. The van der Waals surface area contributed by atoms with E-state index in [2.05, 4.69) is 4.90 Å². The Hall–Kier alpha value is -1.77. The van der Waals surface area contributed by atoms with Crippen molar-refractivity contribution in [3.63, 3.8) is 0 Å². The molecule has 172 valence electrons. The summed E-state index contributed by atoms with van der Waals surface area (Å²) in [5.41, 5.74) is 7.34. The highest BCUT2D eigenvalue weighted by molar-refractivity contribution is 7.97. The Morgan fingerprint density at radius 1 is 1.16 bits per heavy atom. The standard InChI is InChI=1S/C23H27Cl2N3O3S/c1-16(29)28(32-20-6-2-17(3-7-20)5-9-23(26)30)15-19-14-27(10-11-31-19)13-18-4-8-21(24)22(25)12-18/h2-4,6-8,12,19H,5,9-11,13-15H2,1H3,(H2,26,30)/t19-/m0/s1. The molecule has 32 heavy (non-hydrogen) atoms. The Morgan fingerprint density at radius 3 is 2.53 bits per heavy atom. The number of hydrogen-bond donors (Lipinski definition) is 1. The van der Waals surface area contributed by atoms with Crippen LogP contribution in [-0.4, -0.2) is 53.4 Å². The Morgan fingerprint density at radius 2 is 1.88 bits per heavy atom. The molecule has 9 heteroatoms. The number of nitrogens with two attached hydrogens (primary N) is 1. The lowest BCUT2D eigenvalue weighted by atomic mass is 10.1. The van der Waals surface area contributed by atoms with Crippen LogP contribution < -0.4 is 5.73 Å². The van der Waals surface area contributed by atoms with Gasteiger partial charge < -0.3 is 10.5 Å². The third kappa shape index (κ3) is 7.67. The van der Waals surface area contributed by atoms with Crippen LogP contribution in [0.25, 0.3) is 0 Å². The highest BCUT2D eigenvalue weighted by Gasteiger charge is 2.25. The fourth-order valence-electron chi connectivity index (χ4n) is 3.46. The quantitative estimate of drug-likeness (QED) is 0.528. The zero-order valence-electron chi connectivity index (χ0n) is 17.9. The molecule has 0 saturated carbocycles. The number of carbonyl (C=O) groups is 2. The minimum atomic E-state index is -0.313. The average molecular weight is 496 g/mol. The third-order valence-electron chi connectivity index (χ3n) is 5.13. The lowest BCUT2D eigenvalue weighted by Gasteiger charge is -2.35. The lowest BCUT2D eigenvalue weighted by Crippen LogP contribution is -2.46. The number of halogens is 2. The molecule has 1 heterocycles. The summed E-state index contributed by atoms with van der Waals surface area (Å²) in [5, 5.41) is 1.10. The third-order valence-corrected chi connectivity index (χ3v) is 6.98. The molecule has 1 saturated heterocycles. The number of ether oxygens (including phenoxy) is 1. The Kier molecular flexibility index (Phi) is 9.25. The second-order valence-electron chi connectivity index (χ2n) is 7.76. The van der Waals surface area contributed by atoms with E-state index >= 15 is 0 Å². The molecule has 2 amide bonds. The normalized spacial score (nSPS) is 16.7. The number of hydrogen-bond acceptors (Lipinski definition) is 5. The predicted octanol–water partition coefficient (Wildman–Crippen LogP) is 4.17. The largest absolute Gasteiger partial charge is 0.374 e. The summed E-state index contributed by atoms with van der Waals surface area (Å²) >= 11 is 13.5. The highest BCUT2D eigenvalue weighted by Crippen LogP contribution is 2.26. The van der Waals surface area contributed by atoms with Crippen LogP contribution in [0.3, 0.4) is 0 Å². The summed E-state index contributed by atoms with van der Waals surface area (Å²) in [7, 11) is 0. The summed E-state index contributed by atoms with van der Waals surface area (Å²) in [4.78, 5) is 26.5. The van der Waals surface area contributed by atoms with Gasteiger partial charge in [0.1, 0.15) is 0 Å². The molecule has 2 aromatic carbocycles. The molecular formula is C23H27Cl2N3O3S. The van der Waals surface area contributed by atoms with E-state index in [9.17, 15) is 9.59 Å². The maximum Gasteiger partial charge on any atom is 0.229 e. The summed E-state index contributed by atoms with van der Waals surface area (Å²) in [6, 6.07) is 13.5. The Labute approximate surface area is 203 Å². The zero-order chi connectivity index (χ0) is 23.1. The first kappa shape index (κ1) is 24.9. The van der Waals surface area contributed by atoms with E-state index in [0.717, 1.165) is 35.7 Å². The van der Waals surface area contributed by atoms with Crippen molar-refractivity contribution in [2.45, 2.75) is 37.3 Å². The second kappa shape index (κ2) is 11.9. The summed E-state index contributed by atoms with van der Waals surface area (Å²) in [6.07, 6.45) is 0.850. The first-order valence-corrected chi connectivity index (χ1v) is 11.9. The lowest BCUT2D eigenvalue weighted by molar-refractivity contribution is -0.126. The van der Waals surface area contributed by atoms with Crippen molar-refractivity contribution in [1.29, 1.82) is 0 Å². The van der Waals surface area contributed by atoms with Crippen LogP contribution in [0.2, 0.25) is 10.0 Å². The monoisotopic (exact) mass is 495 g/mol. The predicted molar refractivity (Wildman–Crippen MR) is 129 cm³/mol. The first-order valence-electron chi connectivity index (χ1n) is 10.4. The van der Waals surface area contributed by atoms with E-state index in [4.69, 9.17) is 33.7 Å². The van der Waals surface area contributed by atoms with Gasteiger partial charge in [-0.3, -0.25) is 18.8 Å². The van der Waals surface area contributed by atoms with E-state index in [0.29, 0.717) is 36.0 Å². The molecule has 6 nitrogen and oxygen atoms in total. The molecule has 1 aliphatic rings. The van der Waals surface area contributed by atoms with Gasteiger partial charge in [-0.15, -0.1) is 0 Å². The van der Waals surface area contributed by atoms with Gasteiger partial charge in [0.25, 0.3) is 0 Å². The van der Waals surface area contributed by atoms with E-state index in [1.165, 1.54) is 11.9 Å². The number of morpholine rings is 1. The minimum absolute atomic E-state index is 0.0296. The molecule has 0 bridgehead atoms. The number of aryl methyl sites for hydroxylation is 1. The number of carbonyl (C=O) groups excluding carboxylic acids is 2. The number of benzene rings is 2. The van der Waals surface area contributed by atoms with Gasteiger partial charge in [-0.1, -0.05) is 41.4 Å². The van der Waals surface area contributed by atoms with Gasteiger partial charge in [0.15, 0.2) is 0 Å². The molecule has 2 N–H and O–H groups in total. The van der Waals surface area contributed by atoms with Gasteiger partial charge in [0, 0.05) is 37.9 Å². The molecule has 1 aliphatic heterocycles. The van der Waals surface area contributed by atoms with Gasteiger partial charge >= 0.3 is 0 Å². The smallest absolute Gasteiger partial charge is 0.229 e. The molecule has 1 fully saturated rings. The summed E-state index contributed by atoms with van der Waals surface area (Å²) in [6.45, 7) is 4.94. The van der Waals surface area contributed by atoms with Crippen LogP contribution in [0.1, 0.15) is 24.5 Å². The van der Waals surface area contributed by atoms with Crippen LogP contribution in [0.5, 0.6) is 0 Å². The van der Waals surface area contributed by atoms with Crippen molar-refractivity contribution in [1.82, 2.24) is 9.21 Å².